The predicted octanol–water partition coefficient (Wildman–Crippen LogP) is -1.61. The molecule has 1 unspecified atom stereocenters. The average molecular weight is 222 g/mol. The third-order valence-electron chi connectivity index (χ3n) is 1.50. The maximum atomic E-state index is 10.5. The van der Waals surface area contributed by atoms with E-state index in [9.17, 15) is 35.1 Å². The summed E-state index contributed by atoms with van der Waals surface area (Å²) in [7, 11) is 0. The highest BCUT2D eigenvalue weighted by Crippen LogP contribution is 2.05. The molecule has 0 rings (SSSR count). The van der Waals surface area contributed by atoms with E-state index < -0.39 is 39.3 Å². The van der Waals surface area contributed by atoms with Gasteiger partial charge in [-0.3, -0.25) is 35.1 Å². The molecule has 1 amide bonds. The highest BCUT2D eigenvalue weighted by atomic mass is 16.7. The SMILES string of the molecule is NC(=O)C(CC([N+](=O)[O-])[N+](=O)[O-])[N+](=O)[O-]. The molecule has 84 valence electrons. The number of hydrogen-bond acceptors (Lipinski definition) is 7. The fraction of sp³-hybridized carbons (Fsp3) is 0.750. The second-order valence-corrected chi connectivity index (χ2v) is 2.49. The largest absolute Gasteiger partial charge is 0.457 e. The van der Waals surface area contributed by atoms with E-state index in [-0.39, 0.29) is 0 Å². The molecule has 0 aromatic carbocycles. The molecule has 0 spiro atoms. The molecular formula is C4H6N4O7. The fourth-order valence-corrected chi connectivity index (χ4v) is 0.755. The van der Waals surface area contributed by atoms with Gasteiger partial charge >= 0.3 is 12.2 Å². The van der Waals surface area contributed by atoms with Crippen molar-refractivity contribution < 1.29 is 19.6 Å². The Morgan fingerprint density at radius 3 is 1.67 bits per heavy atom. The van der Waals surface area contributed by atoms with Crippen molar-refractivity contribution in [1.82, 2.24) is 0 Å². The number of amides is 1. The van der Waals surface area contributed by atoms with Gasteiger partial charge in [-0.2, -0.15) is 0 Å². The number of nitrogens with two attached hydrogens (primary N) is 1. The standard InChI is InChI=1S/C4H6N4O7/c5-4(9)2(6(10)11)1-3(7(12)13)8(14)15/h2-3H,1H2,(H2,5,9). The summed E-state index contributed by atoms with van der Waals surface area (Å²) in [5.41, 5.74) is 4.56. The second-order valence-electron chi connectivity index (χ2n) is 2.49. The highest BCUT2D eigenvalue weighted by molar-refractivity contribution is 5.78. The molecule has 1 atom stereocenters. The van der Waals surface area contributed by atoms with Crippen LogP contribution in [0.5, 0.6) is 0 Å². The molecule has 0 aliphatic rings. The van der Waals surface area contributed by atoms with Gasteiger partial charge in [-0.05, 0) is 0 Å². The van der Waals surface area contributed by atoms with Gasteiger partial charge in [0.1, 0.15) is 0 Å². The maximum absolute atomic E-state index is 10.5. The quantitative estimate of drug-likeness (QED) is 0.319. The van der Waals surface area contributed by atoms with Gasteiger partial charge in [0.2, 0.25) is 0 Å². The van der Waals surface area contributed by atoms with Gasteiger partial charge in [0, 0.05) is 4.92 Å². The summed E-state index contributed by atoms with van der Waals surface area (Å²) in [6, 6.07) is -2.13. The molecule has 0 aliphatic heterocycles. The van der Waals surface area contributed by atoms with Gasteiger partial charge in [0.25, 0.3) is 5.91 Å². The summed E-state index contributed by atoms with van der Waals surface area (Å²) in [5.74, 6) is -1.45. The molecular weight excluding hydrogens is 216 g/mol. The number of nitrogens with zero attached hydrogens (tertiary/aromatic N) is 3. The Hall–Kier alpha value is -2.33. The van der Waals surface area contributed by atoms with Crippen LogP contribution in [0, 0.1) is 30.3 Å². The van der Waals surface area contributed by atoms with Crippen LogP contribution in [0.3, 0.4) is 0 Å². The summed E-state index contributed by atoms with van der Waals surface area (Å²) in [4.78, 5) is 37.0. The third kappa shape index (κ3) is 3.50. The van der Waals surface area contributed by atoms with E-state index >= 15 is 0 Å². The van der Waals surface area contributed by atoms with Crippen LogP contribution in [0.1, 0.15) is 6.42 Å². The van der Waals surface area contributed by atoms with E-state index in [1.165, 1.54) is 0 Å². The first kappa shape index (κ1) is 12.7. The molecule has 0 aliphatic carbocycles. The lowest BCUT2D eigenvalue weighted by atomic mass is 10.2. The lowest BCUT2D eigenvalue weighted by molar-refractivity contribution is -0.747. The molecule has 0 heterocycles. The average Bonchev–Trinajstić information content (AvgIpc) is 2.01. The molecule has 0 saturated carbocycles. The van der Waals surface area contributed by atoms with Crippen LogP contribution in [0.2, 0.25) is 0 Å². The molecule has 0 bridgehead atoms. The van der Waals surface area contributed by atoms with Crippen LogP contribution in [0.15, 0.2) is 0 Å². The summed E-state index contributed by atoms with van der Waals surface area (Å²) < 4.78 is 0. The monoisotopic (exact) mass is 222 g/mol. The summed E-state index contributed by atoms with van der Waals surface area (Å²) in [6.45, 7) is 0. The van der Waals surface area contributed by atoms with E-state index in [0.717, 1.165) is 0 Å². The molecule has 0 radical (unpaired) electrons. The molecule has 0 saturated heterocycles. The number of nitro groups is 3. The maximum Gasteiger partial charge on any atom is 0.457 e. The van der Waals surface area contributed by atoms with E-state index in [2.05, 4.69) is 5.73 Å². The van der Waals surface area contributed by atoms with Gasteiger partial charge < -0.3 is 5.73 Å². The Morgan fingerprint density at radius 1 is 1.07 bits per heavy atom. The fourth-order valence-electron chi connectivity index (χ4n) is 0.755. The number of primary amides is 1. The van der Waals surface area contributed by atoms with Gasteiger partial charge in [-0.15, -0.1) is 0 Å². The van der Waals surface area contributed by atoms with Crippen LogP contribution in [-0.4, -0.2) is 32.9 Å². The normalized spacial score (nSPS) is 12.1. The van der Waals surface area contributed by atoms with Gasteiger partial charge in [-0.25, -0.2) is 0 Å². The Bertz CT molecular complexity index is 256. The predicted molar refractivity (Wildman–Crippen MR) is 42.4 cm³/mol. The van der Waals surface area contributed by atoms with Crippen molar-refractivity contribution >= 4 is 5.91 Å². The minimum atomic E-state index is -2.41. The molecule has 11 nitrogen and oxygen atoms in total. The lowest BCUT2D eigenvalue weighted by Crippen LogP contribution is -2.42. The minimum Gasteiger partial charge on any atom is -0.364 e. The summed E-state index contributed by atoms with van der Waals surface area (Å²) in [6.07, 6.45) is -3.57. The smallest absolute Gasteiger partial charge is 0.364 e. The first-order valence-corrected chi connectivity index (χ1v) is 3.47. The summed E-state index contributed by atoms with van der Waals surface area (Å²) >= 11 is 0. The molecule has 2 N–H and O–H groups in total. The van der Waals surface area contributed by atoms with E-state index in [1.807, 2.05) is 0 Å². The zero-order valence-electron chi connectivity index (χ0n) is 7.14. The summed E-state index contributed by atoms with van der Waals surface area (Å²) in [5, 5.41) is 30.4. The van der Waals surface area contributed by atoms with Crippen LogP contribution >= 0.6 is 0 Å². The van der Waals surface area contributed by atoms with Crippen molar-refractivity contribution in [3.8, 4) is 0 Å². The minimum absolute atomic E-state index is 1.16. The van der Waals surface area contributed by atoms with Crippen molar-refractivity contribution in [3.63, 3.8) is 0 Å². The van der Waals surface area contributed by atoms with Crippen LogP contribution in [-0.2, 0) is 4.79 Å². The lowest BCUT2D eigenvalue weighted by Gasteiger charge is -2.04. The second kappa shape index (κ2) is 4.78. The van der Waals surface area contributed by atoms with Crippen LogP contribution < -0.4 is 5.73 Å². The Kier molecular flexibility index (Phi) is 4.04. The molecule has 11 heteroatoms. The molecule has 0 aromatic heterocycles. The molecule has 0 aromatic rings. The number of rotatable bonds is 6. The van der Waals surface area contributed by atoms with Gasteiger partial charge in [-0.1, -0.05) is 0 Å². The molecule has 15 heavy (non-hydrogen) atoms. The first-order valence-electron chi connectivity index (χ1n) is 3.47. The zero-order chi connectivity index (χ0) is 12.2. The van der Waals surface area contributed by atoms with Crippen molar-refractivity contribution in [2.75, 3.05) is 0 Å². The van der Waals surface area contributed by atoms with E-state index in [1.54, 1.807) is 0 Å². The van der Waals surface area contributed by atoms with Crippen molar-refractivity contribution in [3.05, 3.63) is 30.3 Å². The van der Waals surface area contributed by atoms with E-state index in [0.29, 0.717) is 0 Å². The first-order chi connectivity index (χ1) is 6.77. The van der Waals surface area contributed by atoms with Gasteiger partial charge in [0.15, 0.2) is 6.42 Å². The van der Waals surface area contributed by atoms with E-state index in [4.69, 9.17) is 0 Å². The topological polar surface area (TPSA) is 173 Å². The Labute approximate surface area is 81.3 Å². The van der Waals surface area contributed by atoms with Crippen LogP contribution in [0.25, 0.3) is 0 Å². The number of hydrogen-bond donors (Lipinski definition) is 1. The van der Waals surface area contributed by atoms with Crippen molar-refractivity contribution in [2.24, 2.45) is 5.73 Å². The Balaban J connectivity index is 4.77. The van der Waals surface area contributed by atoms with Crippen LogP contribution in [0.4, 0.5) is 0 Å². The van der Waals surface area contributed by atoms with Crippen molar-refractivity contribution in [1.29, 1.82) is 0 Å². The number of carbonyl (C=O) groups excluding carboxylic acids is 1. The molecule has 0 fully saturated rings. The number of carbonyl (C=O) groups is 1. The zero-order valence-corrected chi connectivity index (χ0v) is 7.14. The Morgan fingerprint density at radius 2 is 1.47 bits per heavy atom. The third-order valence-corrected chi connectivity index (χ3v) is 1.50. The highest BCUT2D eigenvalue weighted by Gasteiger charge is 2.43. The van der Waals surface area contributed by atoms with Crippen molar-refractivity contribution in [2.45, 2.75) is 18.6 Å². The van der Waals surface area contributed by atoms with Gasteiger partial charge in [0.05, 0.1) is 9.85 Å².